The molecular formula is C21H26N4O2. The van der Waals surface area contributed by atoms with Gasteiger partial charge in [-0.3, -0.25) is 19.5 Å². The minimum atomic E-state index is -0.286. The first kappa shape index (κ1) is 19.0. The molecule has 1 atom stereocenters. The van der Waals surface area contributed by atoms with Crippen molar-refractivity contribution >= 4 is 11.8 Å². The summed E-state index contributed by atoms with van der Waals surface area (Å²) in [5.74, 6) is -0.0417. The van der Waals surface area contributed by atoms with Crippen LogP contribution in [0.25, 0.3) is 0 Å². The Morgan fingerprint density at radius 2 is 1.70 bits per heavy atom. The third-order valence-electron chi connectivity index (χ3n) is 4.84. The van der Waals surface area contributed by atoms with Crippen molar-refractivity contribution in [2.45, 2.75) is 25.9 Å². The lowest BCUT2D eigenvalue weighted by atomic mass is 10.0. The lowest BCUT2D eigenvalue weighted by Crippen LogP contribution is -2.49. The molecule has 6 heteroatoms. The minimum Gasteiger partial charge on any atom is -0.349 e. The van der Waals surface area contributed by atoms with E-state index >= 15 is 0 Å². The molecule has 0 spiro atoms. The molecule has 1 aromatic carbocycles. The van der Waals surface area contributed by atoms with Gasteiger partial charge in [0.15, 0.2) is 0 Å². The quantitative estimate of drug-likeness (QED) is 0.849. The molecule has 0 bridgehead atoms. The second kappa shape index (κ2) is 9.28. The fourth-order valence-corrected chi connectivity index (χ4v) is 3.39. The fraction of sp³-hybridized carbons (Fsp3) is 0.381. The summed E-state index contributed by atoms with van der Waals surface area (Å²) in [6.07, 6.45) is 3.90. The van der Waals surface area contributed by atoms with Gasteiger partial charge in [-0.15, -0.1) is 0 Å². The molecule has 2 heterocycles. The summed E-state index contributed by atoms with van der Waals surface area (Å²) in [6.45, 7) is 5.49. The van der Waals surface area contributed by atoms with Gasteiger partial charge < -0.3 is 10.2 Å². The number of piperazine rings is 1. The molecule has 1 aromatic heterocycles. The molecule has 1 fully saturated rings. The van der Waals surface area contributed by atoms with E-state index in [9.17, 15) is 9.59 Å². The number of carbonyl (C=O) groups excluding carboxylic acids is 2. The number of amides is 2. The zero-order valence-electron chi connectivity index (χ0n) is 15.7. The van der Waals surface area contributed by atoms with Gasteiger partial charge in [0.25, 0.3) is 0 Å². The maximum absolute atomic E-state index is 12.8. The third-order valence-corrected chi connectivity index (χ3v) is 4.84. The van der Waals surface area contributed by atoms with Crippen LogP contribution in [0.2, 0.25) is 0 Å². The molecule has 1 saturated heterocycles. The lowest BCUT2D eigenvalue weighted by Gasteiger charge is -2.35. The van der Waals surface area contributed by atoms with Crippen molar-refractivity contribution in [1.82, 2.24) is 20.1 Å². The standard InChI is InChI=1S/C21H26N4O2/c1-17(26)23-20(19-5-3-2-4-6-19)15-21(27)25-13-11-24(12-14-25)16-18-7-9-22-10-8-18/h2-10,20H,11-16H2,1H3,(H,23,26). The highest BCUT2D eigenvalue weighted by molar-refractivity contribution is 5.79. The number of aromatic nitrogens is 1. The number of nitrogens with zero attached hydrogens (tertiary/aromatic N) is 3. The number of hydrogen-bond donors (Lipinski definition) is 1. The number of rotatable bonds is 6. The maximum Gasteiger partial charge on any atom is 0.225 e. The molecule has 1 aliphatic heterocycles. The third kappa shape index (κ3) is 5.62. The van der Waals surface area contributed by atoms with Crippen LogP contribution in [0.3, 0.4) is 0 Å². The van der Waals surface area contributed by atoms with Crippen LogP contribution in [0.1, 0.15) is 30.5 Å². The SMILES string of the molecule is CC(=O)NC(CC(=O)N1CCN(Cc2ccncc2)CC1)c1ccccc1. The van der Waals surface area contributed by atoms with Crippen LogP contribution < -0.4 is 5.32 Å². The normalized spacial score (nSPS) is 16.0. The van der Waals surface area contributed by atoms with Gasteiger partial charge in [-0.1, -0.05) is 30.3 Å². The minimum absolute atomic E-state index is 0.0844. The summed E-state index contributed by atoms with van der Waals surface area (Å²) in [5, 5.41) is 2.90. The van der Waals surface area contributed by atoms with Crippen molar-refractivity contribution in [1.29, 1.82) is 0 Å². The van der Waals surface area contributed by atoms with Gasteiger partial charge in [0.2, 0.25) is 11.8 Å². The Morgan fingerprint density at radius 1 is 1.04 bits per heavy atom. The molecule has 0 aliphatic carbocycles. The average Bonchev–Trinajstić information content (AvgIpc) is 2.69. The molecule has 2 amide bonds. The molecule has 1 N–H and O–H groups in total. The molecule has 6 nitrogen and oxygen atoms in total. The number of benzene rings is 1. The monoisotopic (exact) mass is 366 g/mol. The lowest BCUT2D eigenvalue weighted by molar-refractivity contribution is -0.133. The van der Waals surface area contributed by atoms with Gasteiger partial charge >= 0.3 is 0 Å². The second-order valence-corrected chi connectivity index (χ2v) is 6.88. The number of carbonyl (C=O) groups is 2. The van der Waals surface area contributed by atoms with Crippen LogP contribution in [0, 0.1) is 0 Å². The van der Waals surface area contributed by atoms with Crippen LogP contribution in [0.15, 0.2) is 54.9 Å². The van der Waals surface area contributed by atoms with Crippen molar-refractivity contribution in [2.24, 2.45) is 0 Å². The average molecular weight is 366 g/mol. The highest BCUT2D eigenvalue weighted by Gasteiger charge is 2.24. The smallest absolute Gasteiger partial charge is 0.225 e. The van der Waals surface area contributed by atoms with Crippen molar-refractivity contribution < 1.29 is 9.59 Å². The molecular weight excluding hydrogens is 340 g/mol. The molecule has 0 saturated carbocycles. The Balaban J connectivity index is 1.54. The molecule has 27 heavy (non-hydrogen) atoms. The van der Waals surface area contributed by atoms with Gasteiger partial charge in [0.1, 0.15) is 0 Å². The Hall–Kier alpha value is -2.73. The highest BCUT2D eigenvalue weighted by atomic mass is 16.2. The Labute approximate surface area is 160 Å². The molecule has 0 radical (unpaired) electrons. The first-order chi connectivity index (χ1) is 13.1. The molecule has 2 aromatic rings. The van der Waals surface area contributed by atoms with E-state index in [2.05, 4.69) is 15.2 Å². The zero-order chi connectivity index (χ0) is 19.1. The summed E-state index contributed by atoms with van der Waals surface area (Å²) >= 11 is 0. The van der Waals surface area contributed by atoms with Gasteiger partial charge in [-0.2, -0.15) is 0 Å². The summed E-state index contributed by atoms with van der Waals surface area (Å²) in [6, 6.07) is 13.4. The summed E-state index contributed by atoms with van der Waals surface area (Å²) in [5.41, 5.74) is 2.19. The first-order valence-electron chi connectivity index (χ1n) is 9.33. The Morgan fingerprint density at radius 3 is 2.33 bits per heavy atom. The number of pyridine rings is 1. The molecule has 1 aliphatic rings. The molecule has 1 unspecified atom stereocenters. The van der Waals surface area contributed by atoms with Crippen molar-refractivity contribution in [2.75, 3.05) is 26.2 Å². The van der Waals surface area contributed by atoms with E-state index in [1.807, 2.05) is 47.4 Å². The molecule has 142 valence electrons. The van der Waals surface area contributed by atoms with Gasteiger partial charge in [-0.05, 0) is 23.3 Å². The number of nitrogens with one attached hydrogen (secondary N) is 1. The van der Waals surface area contributed by atoms with Crippen LogP contribution in [0.4, 0.5) is 0 Å². The van der Waals surface area contributed by atoms with E-state index in [0.717, 1.165) is 25.2 Å². The van der Waals surface area contributed by atoms with Crippen LogP contribution >= 0.6 is 0 Å². The van der Waals surface area contributed by atoms with E-state index in [-0.39, 0.29) is 24.3 Å². The van der Waals surface area contributed by atoms with E-state index in [4.69, 9.17) is 0 Å². The van der Waals surface area contributed by atoms with Gasteiger partial charge in [0, 0.05) is 52.0 Å². The van der Waals surface area contributed by atoms with Crippen molar-refractivity contribution in [3.05, 3.63) is 66.0 Å². The summed E-state index contributed by atoms with van der Waals surface area (Å²) in [4.78, 5) is 32.6. The second-order valence-electron chi connectivity index (χ2n) is 6.88. The van der Waals surface area contributed by atoms with Crippen LogP contribution in [-0.4, -0.2) is 52.8 Å². The predicted octanol–water partition coefficient (Wildman–Crippen LogP) is 1.99. The Bertz CT molecular complexity index is 743. The Kier molecular flexibility index (Phi) is 6.54. The van der Waals surface area contributed by atoms with E-state index in [1.165, 1.54) is 12.5 Å². The van der Waals surface area contributed by atoms with Crippen molar-refractivity contribution in [3.63, 3.8) is 0 Å². The molecule has 3 rings (SSSR count). The fourth-order valence-electron chi connectivity index (χ4n) is 3.39. The predicted molar refractivity (Wildman–Crippen MR) is 104 cm³/mol. The van der Waals surface area contributed by atoms with Crippen LogP contribution in [-0.2, 0) is 16.1 Å². The largest absolute Gasteiger partial charge is 0.349 e. The first-order valence-corrected chi connectivity index (χ1v) is 9.33. The van der Waals surface area contributed by atoms with Gasteiger partial charge in [-0.25, -0.2) is 0 Å². The number of hydrogen-bond acceptors (Lipinski definition) is 4. The van der Waals surface area contributed by atoms with Crippen molar-refractivity contribution in [3.8, 4) is 0 Å². The maximum atomic E-state index is 12.8. The van der Waals surface area contributed by atoms with E-state index in [1.54, 1.807) is 12.4 Å². The van der Waals surface area contributed by atoms with E-state index < -0.39 is 0 Å². The van der Waals surface area contributed by atoms with Gasteiger partial charge in [0.05, 0.1) is 12.5 Å². The highest BCUT2D eigenvalue weighted by Crippen LogP contribution is 2.19. The zero-order valence-corrected chi connectivity index (χ0v) is 15.7. The topological polar surface area (TPSA) is 65.5 Å². The van der Waals surface area contributed by atoms with E-state index in [0.29, 0.717) is 13.1 Å². The summed E-state index contributed by atoms with van der Waals surface area (Å²) < 4.78 is 0. The van der Waals surface area contributed by atoms with Crippen LogP contribution in [0.5, 0.6) is 0 Å². The summed E-state index contributed by atoms with van der Waals surface area (Å²) in [7, 11) is 0.